The number of halogens is 1. The quantitative estimate of drug-likeness (QED) is 0.517. The van der Waals surface area contributed by atoms with Crippen LogP contribution in [-0.4, -0.2) is 5.78 Å². The number of hydrogen-bond donors (Lipinski definition) is 0. The molecule has 0 aromatic rings. The summed E-state index contributed by atoms with van der Waals surface area (Å²) in [4.78, 5) is 10.4. The Labute approximate surface area is 60.9 Å². The monoisotopic (exact) mass is 144 g/mol. The Morgan fingerprint density at radius 3 is 1.90 bits per heavy atom. The number of rotatable bonds is 1. The molecule has 0 bridgehead atoms. The molecule has 0 atom stereocenters. The smallest absolute Gasteiger partial charge is 0.187 e. The van der Waals surface area contributed by atoms with Crippen LogP contribution in [0.2, 0.25) is 0 Å². The molecule has 0 amide bonds. The maximum absolute atomic E-state index is 12.5. The van der Waals surface area contributed by atoms with Gasteiger partial charge in [-0.1, -0.05) is 20.8 Å². The van der Waals surface area contributed by atoms with Crippen molar-refractivity contribution in [1.29, 1.82) is 0 Å². The van der Waals surface area contributed by atoms with Crippen molar-refractivity contribution < 1.29 is 9.18 Å². The highest BCUT2D eigenvalue weighted by atomic mass is 19.1. The van der Waals surface area contributed by atoms with Crippen LogP contribution in [0, 0.1) is 5.41 Å². The van der Waals surface area contributed by atoms with Crippen LogP contribution in [0.1, 0.15) is 27.7 Å². The Bertz CT molecular complexity index is 163. The first-order valence-electron chi connectivity index (χ1n) is 3.22. The van der Waals surface area contributed by atoms with Crippen molar-refractivity contribution in [2.24, 2.45) is 5.41 Å². The van der Waals surface area contributed by atoms with Gasteiger partial charge >= 0.3 is 0 Å². The van der Waals surface area contributed by atoms with Crippen molar-refractivity contribution in [2.45, 2.75) is 27.7 Å². The van der Waals surface area contributed by atoms with Crippen molar-refractivity contribution in [2.75, 3.05) is 0 Å². The van der Waals surface area contributed by atoms with Crippen LogP contribution >= 0.6 is 0 Å². The molecule has 10 heavy (non-hydrogen) atoms. The number of allylic oxidation sites excluding steroid dienone is 2. The molecule has 0 aliphatic heterocycles. The standard InChI is InChI=1S/C8H13FO/c1-6(10)7(9)5-8(2,3)4/h5H,1-4H3/b7-5-. The molecule has 0 aliphatic carbocycles. The number of carbonyl (C=O) groups excluding carboxylic acids is 1. The van der Waals surface area contributed by atoms with E-state index in [0.29, 0.717) is 0 Å². The average Bonchev–Trinajstić information content (AvgIpc) is 1.60. The predicted molar refractivity (Wildman–Crippen MR) is 39.3 cm³/mol. The van der Waals surface area contributed by atoms with E-state index in [1.165, 1.54) is 13.0 Å². The van der Waals surface area contributed by atoms with Gasteiger partial charge in [0.2, 0.25) is 0 Å². The van der Waals surface area contributed by atoms with Gasteiger partial charge in [-0.15, -0.1) is 0 Å². The fourth-order valence-electron chi connectivity index (χ4n) is 0.482. The Morgan fingerprint density at radius 2 is 1.80 bits per heavy atom. The summed E-state index contributed by atoms with van der Waals surface area (Å²) in [6.45, 7) is 6.75. The van der Waals surface area contributed by atoms with Crippen LogP contribution in [0.15, 0.2) is 11.9 Å². The van der Waals surface area contributed by atoms with Gasteiger partial charge in [0, 0.05) is 6.92 Å². The fraction of sp³-hybridized carbons (Fsp3) is 0.625. The first-order valence-corrected chi connectivity index (χ1v) is 3.22. The van der Waals surface area contributed by atoms with Gasteiger partial charge in [0.25, 0.3) is 0 Å². The molecule has 0 saturated carbocycles. The van der Waals surface area contributed by atoms with Crippen LogP contribution in [0.5, 0.6) is 0 Å². The first kappa shape index (κ1) is 9.34. The Kier molecular flexibility index (Phi) is 2.76. The van der Waals surface area contributed by atoms with Gasteiger partial charge < -0.3 is 0 Å². The van der Waals surface area contributed by atoms with Crippen LogP contribution in [0.3, 0.4) is 0 Å². The molecule has 0 radical (unpaired) electrons. The van der Waals surface area contributed by atoms with Crippen molar-refractivity contribution in [1.82, 2.24) is 0 Å². The van der Waals surface area contributed by atoms with E-state index >= 15 is 0 Å². The molecule has 0 rings (SSSR count). The van der Waals surface area contributed by atoms with Gasteiger partial charge in [-0.05, 0) is 11.5 Å². The summed E-state index contributed by atoms with van der Waals surface area (Å²) in [5, 5.41) is 0. The minimum absolute atomic E-state index is 0.254. The predicted octanol–water partition coefficient (Wildman–Crippen LogP) is 2.47. The summed E-state index contributed by atoms with van der Waals surface area (Å²) in [6.07, 6.45) is 1.33. The van der Waals surface area contributed by atoms with Crippen molar-refractivity contribution in [3.8, 4) is 0 Å². The molecule has 0 aromatic carbocycles. The van der Waals surface area contributed by atoms with E-state index in [-0.39, 0.29) is 5.41 Å². The normalized spacial score (nSPS) is 13.5. The SMILES string of the molecule is CC(=O)/C(F)=C/C(C)(C)C. The second-order valence-electron chi connectivity index (χ2n) is 3.41. The van der Waals surface area contributed by atoms with E-state index in [2.05, 4.69) is 0 Å². The molecule has 0 unspecified atom stereocenters. The molecule has 0 aromatic heterocycles. The minimum atomic E-state index is -0.646. The lowest BCUT2D eigenvalue weighted by molar-refractivity contribution is -0.115. The maximum Gasteiger partial charge on any atom is 0.187 e. The maximum atomic E-state index is 12.5. The molecule has 58 valence electrons. The minimum Gasteiger partial charge on any atom is -0.292 e. The number of Topliss-reactive ketones (excluding diaryl/α,β-unsaturated/α-hetero) is 1. The Morgan fingerprint density at radius 1 is 1.40 bits per heavy atom. The summed E-state index contributed by atoms with van der Waals surface area (Å²) < 4.78 is 12.5. The van der Waals surface area contributed by atoms with Crippen LogP contribution < -0.4 is 0 Å². The highest BCUT2D eigenvalue weighted by Crippen LogP contribution is 2.18. The lowest BCUT2D eigenvalue weighted by Crippen LogP contribution is -2.03. The molecule has 0 N–H and O–H groups in total. The van der Waals surface area contributed by atoms with E-state index in [1.807, 2.05) is 20.8 Å². The topological polar surface area (TPSA) is 17.1 Å². The van der Waals surface area contributed by atoms with Crippen LogP contribution in [0.25, 0.3) is 0 Å². The second kappa shape index (κ2) is 2.95. The fourth-order valence-corrected chi connectivity index (χ4v) is 0.482. The highest BCUT2D eigenvalue weighted by molar-refractivity contribution is 5.90. The molecule has 1 nitrogen and oxygen atoms in total. The van der Waals surface area contributed by atoms with Gasteiger partial charge in [-0.25, -0.2) is 4.39 Å². The number of carbonyl (C=O) groups is 1. The van der Waals surface area contributed by atoms with E-state index in [9.17, 15) is 9.18 Å². The van der Waals surface area contributed by atoms with Crippen molar-refractivity contribution in [3.05, 3.63) is 11.9 Å². The third-order valence-corrected chi connectivity index (χ3v) is 0.896. The summed E-state index contributed by atoms with van der Waals surface area (Å²) >= 11 is 0. The van der Waals surface area contributed by atoms with Crippen molar-refractivity contribution in [3.63, 3.8) is 0 Å². The summed E-state index contributed by atoms with van der Waals surface area (Å²) in [6, 6.07) is 0. The van der Waals surface area contributed by atoms with E-state index < -0.39 is 11.6 Å². The van der Waals surface area contributed by atoms with Crippen LogP contribution in [0.4, 0.5) is 4.39 Å². The van der Waals surface area contributed by atoms with Crippen molar-refractivity contribution >= 4 is 5.78 Å². The van der Waals surface area contributed by atoms with Gasteiger partial charge in [-0.2, -0.15) is 0 Å². The Hall–Kier alpha value is -0.660. The number of ketones is 1. The van der Waals surface area contributed by atoms with Gasteiger partial charge in [0.05, 0.1) is 0 Å². The summed E-state index contributed by atoms with van der Waals surface area (Å²) in [5.74, 6) is -1.15. The first-order chi connectivity index (χ1) is 4.33. The third-order valence-electron chi connectivity index (χ3n) is 0.896. The van der Waals surface area contributed by atoms with Gasteiger partial charge in [0.15, 0.2) is 11.6 Å². The second-order valence-corrected chi connectivity index (χ2v) is 3.41. The molecular formula is C8H13FO. The summed E-state index contributed by atoms with van der Waals surface area (Å²) in [5.41, 5.74) is -0.254. The van der Waals surface area contributed by atoms with E-state index in [1.54, 1.807) is 0 Å². The molecule has 0 heterocycles. The van der Waals surface area contributed by atoms with Crippen LogP contribution in [-0.2, 0) is 4.79 Å². The zero-order chi connectivity index (χ0) is 8.36. The largest absolute Gasteiger partial charge is 0.292 e. The highest BCUT2D eigenvalue weighted by Gasteiger charge is 2.10. The average molecular weight is 144 g/mol. The molecule has 0 fully saturated rings. The van der Waals surface area contributed by atoms with E-state index in [4.69, 9.17) is 0 Å². The molecule has 2 heteroatoms. The van der Waals surface area contributed by atoms with E-state index in [0.717, 1.165) is 0 Å². The molecule has 0 spiro atoms. The molecular weight excluding hydrogens is 131 g/mol. The number of hydrogen-bond acceptors (Lipinski definition) is 1. The zero-order valence-corrected chi connectivity index (χ0v) is 6.86. The lowest BCUT2D eigenvalue weighted by atomic mass is 9.95. The Balaban J connectivity index is 4.32. The lowest BCUT2D eigenvalue weighted by Gasteiger charge is -2.10. The van der Waals surface area contributed by atoms with Gasteiger partial charge in [0.1, 0.15) is 0 Å². The van der Waals surface area contributed by atoms with Gasteiger partial charge in [-0.3, -0.25) is 4.79 Å². The third kappa shape index (κ3) is 4.24. The zero-order valence-electron chi connectivity index (χ0n) is 6.86. The molecule has 0 saturated heterocycles. The summed E-state index contributed by atoms with van der Waals surface area (Å²) in [7, 11) is 0. The molecule has 0 aliphatic rings.